The van der Waals surface area contributed by atoms with E-state index in [1.165, 1.54) is 11.3 Å². The van der Waals surface area contributed by atoms with Crippen LogP contribution in [-0.2, 0) is 6.42 Å². The molecule has 2 aromatic rings. The van der Waals surface area contributed by atoms with E-state index in [-0.39, 0.29) is 18.4 Å². The van der Waals surface area contributed by atoms with Crippen LogP contribution in [0.25, 0.3) is 0 Å². The first-order chi connectivity index (χ1) is 12.8. The molecule has 4 heterocycles. The van der Waals surface area contributed by atoms with Gasteiger partial charge < -0.3 is 4.90 Å². The van der Waals surface area contributed by atoms with Gasteiger partial charge >= 0.3 is 6.03 Å². The lowest BCUT2D eigenvalue weighted by Crippen LogP contribution is -2.53. The molecule has 3 aliphatic heterocycles. The topological polar surface area (TPSA) is 36.4 Å². The van der Waals surface area contributed by atoms with Gasteiger partial charge in [-0.3, -0.25) is 9.88 Å². The van der Waals surface area contributed by atoms with Gasteiger partial charge in [0.15, 0.2) is 0 Å². The molecule has 27 heavy (non-hydrogen) atoms. The maximum atomic E-state index is 13.5. The van der Waals surface area contributed by atoms with Crippen LogP contribution in [0.4, 0.5) is 10.5 Å². The summed E-state index contributed by atoms with van der Waals surface area (Å²) in [5.74, 6) is 0.492. The number of benzene rings is 1. The van der Waals surface area contributed by atoms with Crippen LogP contribution in [0, 0.1) is 0 Å². The first-order valence-electron chi connectivity index (χ1n) is 9.90. The third kappa shape index (κ3) is 3.20. The minimum atomic E-state index is 0. The molecule has 2 saturated heterocycles. The van der Waals surface area contributed by atoms with Gasteiger partial charge in [0.2, 0.25) is 0 Å². The van der Waals surface area contributed by atoms with E-state index in [1.54, 1.807) is 0 Å². The van der Waals surface area contributed by atoms with Gasteiger partial charge in [0.25, 0.3) is 0 Å². The fourth-order valence-electron chi connectivity index (χ4n) is 5.22. The number of amides is 2. The van der Waals surface area contributed by atoms with Crippen LogP contribution >= 0.6 is 12.4 Å². The minimum absolute atomic E-state index is 0. The summed E-state index contributed by atoms with van der Waals surface area (Å²) in [5.41, 5.74) is 3.62. The number of rotatable bonds is 1. The van der Waals surface area contributed by atoms with Crippen molar-refractivity contribution >= 4 is 24.1 Å². The van der Waals surface area contributed by atoms with Crippen molar-refractivity contribution < 1.29 is 4.79 Å². The summed E-state index contributed by atoms with van der Waals surface area (Å²) < 4.78 is 0. The molecule has 2 fully saturated rings. The number of piperidine rings is 1. The summed E-state index contributed by atoms with van der Waals surface area (Å²) in [4.78, 5) is 22.3. The van der Waals surface area contributed by atoms with Crippen molar-refractivity contribution in [3.8, 4) is 0 Å². The van der Waals surface area contributed by atoms with Gasteiger partial charge in [0, 0.05) is 42.1 Å². The molecule has 0 aliphatic carbocycles. The molecule has 5 heteroatoms. The predicted octanol–water partition coefficient (Wildman–Crippen LogP) is 4.79. The number of aryl methyl sites for hydroxylation is 1. The summed E-state index contributed by atoms with van der Waals surface area (Å²) in [5, 5.41) is 0. The van der Waals surface area contributed by atoms with Gasteiger partial charge in [0.05, 0.1) is 0 Å². The highest BCUT2D eigenvalue weighted by Crippen LogP contribution is 2.43. The predicted molar refractivity (Wildman–Crippen MR) is 110 cm³/mol. The van der Waals surface area contributed by atoms with Crippen molar-refractivity contribution in [2.24, 2.45) is 0 Å². The zero-order valence-corrected chi connectivity index (χ0v) is 16.3. The van der Waals surface area contributed by atoms with Crippen LogP contribution in [0.2, 0.25) is 0 Å². The number of hydrogen-bond acceptors (Lipinski definition) is 2. The molecule has 1 aromatic carbocycles. The van der Waals surface area contributed by atoms with Gasteiger partial charge in [-0.05, 0) is 62.3 Å². The van der Waals surface area contributed by atoms with Crippen LogP contribution in [0.5, 0.6) is 0 Å². The summed E-state index contributed by atoms with van der Waals surface area (Å²) in [6.45, 7) is 0.843. The second-order valence-electron chi connectivity index (χ2n) is 7.88. The second kappa shape index (κ2) is 7.51. The normalized spacial score (nSPS) is 26.3. The Balaban J connectivity index is 0.00000180. The van der Waals surface area contributed by atoms with Crippen molar-refractivity contribution in [2.75, 3.05) is 11.4 Å². The largest absolute Gasteiger partial charge is 0.324 e. The van der Waals surface area contributed by atoms with E-state index in [1.807, 2.05) is 23.2 Å². The molecule has 0 N–H and O–H groups in total. The first-order valence-corrected chi connectivity index (χ1v) is 9.90. The van der Waals surface area contributed by atoms with E-state index < -0.39 is 0 Å². The molecule has 1 aromatic heterocycles. The maximum Gasteiger partial charge on any atom is 0.324 e. The summed E-state index contributed by atoms with van der Waals surface area (Å²) in [7, 11) is 0. The molecule has 2 unspecified atom stereocenters. The van der Waals surface area contributed by atoms with Gasteiger partial charge in [-0.1, -0.05) is 24.3 Å². The molecule has 0 radical (unpaired) electrons. The van der Waals surface area contributed by atoms with E-state index >= 15 is 0 Å². The molecule has 4 nitrogen and oxygen atoms in total. The average Bonchev–Trinajstić information content (AvgIpc) is 2.97. The number of carbonyl (C=O) groups excluding carboxylic acids is 1. The summed E-state index contributed by atoms with van der Waals surface area (Å²) in [6.07, 6.45) is 8.39. The third-order valence-corrected chi connectivity index (χ3v) is 6.40. The fourth-order valence-corrected chi connectivity index (χ4v) is 5.22. The molecular formula is C22H26ClN3O. The number of anilines is 1. The zero-order chi connectivity index (χ0) is 17.5. The molecule has 5 rings (SSSR count). The van der Waals surface area contributed by atoms with Crippen molar-refractivity contribution in [1.29, 1.82) is 0 Å². The molecular weight excluding hydrogens is 358 g/mol. The van der Waals surface area contributed by atoms with Crippen LogP contribution in [0.1, 0.15) is 49.3 Å². The van der Waals surface area contributed by atoms with Gasteiger partial charge in [-0.2, -0.15) is 0 Å². The van der Waals surface area contributed by atoms with E-state index in [2.05, 4.69) is 40.2 Å². The smallest absolute Gasteiger partial charge is 0.318 e. The molecule has 2 atom stereocenters. The zero-order valence-electron chi connectivity index (χ0n) is 15.5. The highest BCUT2D eigenvalue weighted by Gasteiger charge is 2.45. The lowest BCUT2D eigenvalue weighted by Gasteiger charge is -2.42. The Hall–Kier alpha value is -2.07. The number of aromatic nitrogens is 1. The Morgan fingerprint density at radius 1 is 1.00 bits per heavy atom. The Morgan fingerprint density at radius 2 is 1.74 bits per heavy atom. The number of urea groups is 1. The van der Waals surface area contributed by atoms with Crippen molar-refractivity contribution in [3.63, 3.8) is 0 Å². The Bertz CT molecular complexity index is 798. The quantitative estimate of drug-likeness (QED) is 0.710. The van der Waals surface area contributed by atoms with Crippen LogP contribution in [-0.4, -0.2) is 34.5 Å². The van der Waals surface area contributed by atoms with E-state index in [4.69, 9.17) is 0 Å². The van der Waals surface area contributed by atoms with E-state index in [0.717, 1.165) is 50.8 Å². The van der Waals surface area contributed by atoms with Gasteiger partial charge in [-0.15, -0.1) is 12.4 Å². The first kappa shape index (κ1) is 18.3. The lowest BCUT2D eigenvalue weighted by molar-refractivity contribution is 0.142. The second-order valence-corrected chi connectivity index (χ2v) is 7.88. The van der Waals surface area contributed by atoms with Crippen molar-refractivity contribution in [2.45, 2.75) is 56.5 Å². The maximum absolute atomic E-state index is 13.5. The minimum Gasteiger partial charge on any atom is -0.318 e. The highest BCUT2D eigenvalue weighted by atomic mass is 35.5. The van der Waals surface area contributed by atoms with Gasteiger partial charge in [0.1, 0.15) is 0 Å². The Morgan fingerprint density at radius 3 is 2.48 bits per heavy atom. The van der Waals surface area contributed by atoms with Crippen molar-refractivity contribution in [1.82, 2.24) is 9.88 Å². The number of nitrogens with zero attached hydrogens (tertiary/aromatic N) is 3. The molecule has 142 valence electrons. The standard InChI is InChI=1S/C22H25N3O.ClH/c26-22(24-13-5-7-16-6-1-2-9-21(16)24)25-18-10-11-19(25)15-17(14-18)20-8-3-4-12-23-20;/h1-4,6,8-9,12,17-19H,5,7,10-11,13-15H2;1H. The SMILES string of the molecule is Cl.O=C(N1CCCc2ccccc21)N1C2CCC1CC(c1ccccn1)C2. The summed E-state index contributed by atoms with van der Waals surface area (Å²) >= 11 is 0. The summed E-state index contributed by atoms with van der Waals surface area (Å²) in [6, 6.07) is 15.5. The molecule has 2 amide bonds. The number of pyridine rings is 1. The molecule has 2 bridgehead atoms. The van der Waals surface area contributed by atoms with Crippen LogP contribution in [0.15, 0.2) is 48.7 Å². The van der Waals surface area contributed by atoms with Crippen LogP contribution < -0.4 is 4.90 Å². The number of hydrogen-bond donors (Lipinski definition) is 0. The van der Waals surface area contributed by atoms with Crippen LogP contribution in [0.3, 0.4) is 0 Å². The Kier molecular flexibility index (Phi) is 5.09. The van der Waals surface area contributed by atoms with Gasteiger partial charge in [-0.25, -0.2) is 4.79 Å². The number of fused-ring (bicyclic) bond motifs is 3. The lowest BCUT2D eigenvalue weighted by atomic mass is 9.88. The average molecular weight is 384 g/mol. The highest BCUT2D eigenvalue weighted by molar-refractivity contribution is 5.94. The Labute approximate surface area is 167 Å². The monoisotopic (exact) mass is 383 g/mol. The molecule has 3 aliphatic rings. The van der Waals surface area contributed by atoms with E-state index in [0.29, 0.717) is 18.0 Å². The number of para-hydroxylation sites is 1. The number of carbonyl (C=O) groups is 1. The fraction of sp³-hybridized carbons (Fsp3) is 0.455. The third-order valence-electron chi connectivity index (χ3n) is 6.40. The number of halogens is 1. The molecule has 0 saturated carbocycles. The van der Waals surface area contributed by atoms with Crippen molar-refractivity contribution in [3.05, 3.63) is 59.9 Å². The molecule has 0 spiro atoms. The van der Waals surface area contributed by atoms with E-state index in [9.17, 15) is 4.79 Å².